The van der Waals surface area contributed by atoms with Gasteiger partial charge in [0.15, 0.2) is 0 Å². The summed E-state index contributed by atoms with van der Waals surface area (Å²) in [6.45, 7) is 2.01. The molecule has 3 nitrogen and oxygen atoms in total. The Balaban J connectivity index is 2.19. The van der Waals surface area contributed by atoms with Crippen LogP contribution in [0.25, 0.3) is 0 Å². The van der Waals surface area contributed by atoms with E-state index >= 15 is 0 Å². The van der Waals surface area contributed by atoms with Gasteiger partial charge in [-0.15, -0.1) is 0 Å². The summed E-state index contributed by atoms with van der Waals surface area (Å²) in [5.41, 5.74) is 1.69. The zero-order valence-corrected chi connectivity index (χ0v) is 13.0. The number of carboxylic acid groups (broad SMARTS) is 1. The maximum Gasteiger partial charge on any atom is 0.336 e. The van der Waals surface area contributed by atoms with Crippen LogP contribution in [0, 0.1) is 6.92 Å². The summed E-state index contributed by atoms with van der Waals surface area (Å²) in [6.07, 6.45) is 0. The van der Waals surface area contributed by atoms with Gasteiger partial charge in [0.25, 0.3) is 0 Å². The van der Waals surface area contributed by atoms with Gasteiger partial charge in [0.05, 0.1) is 5.56 Å². The fourth-order valence-electron chi connectivity index (χ4n) is 1.80. The zero-order chi connectivity index (χ0) is 14.7. The molecule has 0 atom stereocenters. The summed E-state index contributed by atoms with van der Waals surface area (Å²) in [5, 5.41) is 9.67. The second-order valence-electron chi connectivity index (χ2n) is 4.26. The van der Waals surface area contributed by atoms with E-state index in [0.29, 0.717) is 16.3 Å². The van der Waals surface area contributed by atoms with Crippen LogP contribution in [0.15, 0.2) is 40.9 Å². The van der Waals surface area contributed by atoms with Gasteiger partial charge in [-0.3, -0.25) is 0 Å². The van der Waals surface area contributed by atoms with E-state index in [0.717, 1.165) is 10.0 Å². The van der Waals surface area contributed by atoms with Crippen LogP contribution >= 0.6 is 27.5 Å². The lowest BCUT2D eigenvalue weighted by molar-refractivity contribution is 0.0695. The number of hydrogen-bond donors (Lipinski definition) is 1. The predicted octanol–water partition coefficient (Wildman–Crippen LogP) is 4.69. The van der Waals surface area contributed by atoms with Gasteiger partial charge in [-0.05, 0) is 31.2 Å². The molecule has 0 aromatic heterocycles. The van der Waals surface area contributed by atoms with E-state index in [-0.39, 0.29) is 12.2 Å². The number of benzene rings is 2. The van der Waals surface area contributed by atoms with Crippen LogP contribution < -0.4 is 4.74 Å². The molecule has 0 spiro atoms. The molecule has 2 aromatic carbocycles. The largest absolute Gasteiger partial charge is 0.489 e. The number of hydrogen-bond acceptors (Lipinski definition) is 2. The second kappa shape index (κ2) is 6.29. The third-order valence-electron chi connectivity index (χ3n) is 2.91. The van der Waals surface area contributed by atoms with Crippen molar-refractivity contribution in [2.45, 2.75) is 13.5 Å². The quantitative estimate of drug-likeness (QED) is 0.865. The first-order chi connectivity index (χ1) is 9.49. The fraction of sp³-hybridized carbons (Fsp3) is 0.133. The van der Waals surface area contributed by atoms with Crippen molar-refractivity contribution in [1.82, 2.24) is 0 Å². The topological polar surface area (TPSA) is 46.5 Å². The number of carbonyl (C=O) groups is 1. The average molecular weight is 356 g/mol. The average Bonchev–Trinajstić information content (AvgIpc) is 2.39. The minimum absolute atomic E-state index is 0.240. The number of carboxylic acids is 1. The molecule has 5 heteroatoms. The fourth-order valence-corrected chi connectivity index (χ4v) is 2.52. The molecular formula is C15H12BrClO3. The highest BCUT2D eigenvalue weighted by Crippen LogP contribution is 2.25. The highest BCUT2D eigenvalue weighted by molar-refractivity contribution is 9.10. The van der Waals surface area contributed by atoms with Crippen LogP contribution in [-0.2, 0) is 6.61 Å². The normalized spacial score (nSPS) is 10.3. The Kier molecular flexibility index (Phi) is 4.68. The van der Waals surface area contributed by atoms with Gasteiger partial charge in [-0.1, -0.05) is 39.7 Å². The first kappa shape index (κ1) is 14.9. The van der Waals surface area contributed by atoms with E-state index in [9.17, 15) is 4.79 Å². The van der Waals surface area contributed by atoms with Gasteiger partial charge in [-0.2, -0.15) is 0 Å². The van der Waals surface area contributed by atoms with Gasteiger partial charge in [0, 0.05) is 20.6 Å². The van der Waals surface area contributed by atoms with Crippen LogP contribution in [0.5, 0.6) is 5.75 Å². The standard InChI is InChI=1S/C15H12BrClO3/c1-9-12(15(18)19)3-2-4-14(9)20-8-10-5-6-11(16)7-13(10)17/h2-7H,8H2,1H3,(H,18,19). The van der Waals surface area contributed by atoms with Crippen LogP contribution in [0.1, 0.15) is 21.5 Å². The van der Waals surface area contributed by atoms with E-state index in [2.05, 4.69) is 15.9 Å². The molecule has 0 heterocycles. The van der Waals surface area contributed by atoms with Crippen molar-refractivity contribution in [2.24, 2.45) is 0 Å². The van der Waals surface area contributed by atoms with Crippen molar-refractivity contribution in [3.8, 4) is 5.75 Å². The Bertz CT molecular complexity index is 656. The zero-order valence-electron chi connectivity index (χ0n) is 10.7. The van der Waals surface area contributed by atoms with Crippen molar-refractivity contribution in [3.05, 3.63) is 62.6 Å². The van der Waals surface area contributed by atoms with Gasteiger partial charge in [-0.25, -0.2) is 4.79 Å². The van der Waals surface area contributed by atoms with E-state index < -0.39 is 5.97 Å². The van der Waals surface area contributed by atoms with Crippen LogP contribution in [-0.4, -0.2) is 11.1 Å². The lowest BCUT2D eigenvalue weighted by Gasteiger charge is -2.12. The number of halogens is 2. The lowest BCUT2D eigenvalue weighted by atomic mass is 10.1. The smallest absolute Gasteiger partial charge is 0.336 e. The molecule has 0 unspecified atom stereocenters. The first-order valence-electron chi connectivity index (χ1n) is 5.88. The molecule has 0 aliphatic rings. The summed E-state index contributed by atoms with van der Waals surface area (Å²) >= 11 is 9.45. The first-order valence-corrected chi connectivity index (χ1v) is 7.06. The Morgan fingerprint density at radius 2 is 2.10 bits per heavy atom. The molecule has 0 amide bonds. The summed E-state index contributed by atoms with van der Waals surface area (Å²) in [7, 11) is 0. The van der Waals surface area contributed by atoms with Gasteiger partial charge < -0.3 is 9.84 Å². The SMILES string of the molecule is Cc1c(OCc2ccc(Br)cc2Cl)cccc1C(=O)O. The molecule has 0 saturated heterocycles. The molecule has 2 rings (SSSR count). The highest BCUT2D eigenvalue weighted by Gasteiger charge is 2.11. The van der Waals surface area contributed by atoms with Crippen LogP contribution in [0.4, 0.5) is 0 Å². The molecule has 104 valence electrons. The molecule has 0 saturated carbocycles. The Morgan fingerprint density at radius 1 is 1.35 bits per heavy atom. The molecule has 0 radical (unpaired) electrons. The van der Waals surface area contributed by atoms with Crippen molar-refractivity contribution >= 4 is 33.5 Å². The van der Waals surface area contributed by atoms with Crippen molar-refractivity contribution in [3.63, 3.8) is 0 Å². The minimum Gasteiger partial charge on any atom is -0.489 e. The summed E-state index contributed by atoms with van der Waals surface area (Å²) in [4.78, 5) is 11.1. The van der Waals surface area contributed by atoms with Gasteiger partial charge in [0.2, 0.25) is 0 Å². The molecular weight excluding hydrogens is 344 g/mol. The Morgan fingerprint density at radius 3 is 2.75 bits per heavy atom. The van der Waals surface area contributed by atoms with Gasteiger partial charge >= 0.3 is 5.97 Å². The van der Waals surface area contributed by atoms with E-state index in [1.54, 1.807) is 31.2 Å². The lowest BCUT2D eigenvalue weighted by Crippen LogP contribution is -2.03. The summed E-state index contributed by atoms with van der Waals surface area (Å²) in [5.74, 6) is -0.418. The monoisotopic (exact) mass is 354 g/mol. The molecule has 0 bridgehead atoms. The predicted molar refractivity (Wildman–Crippen MR) is 81.6 cm³/mol. The van der Waals surface area contributed by atoms with Crippen LogP contribution in [0.3, 0.4) is 0 Å². The molecule has 20 heavy (non-hydrogen) atoms. The maximum absolute atomic E-state index is 11.1. The van der Waals surface area contributed by atoms with Gasteiger partial charge in [0.1, 0.15) is 12.4 Å². The maximum atomic E-state index is 11.1. The third kappa shape index (κ3) is 3.32. The third-order valence-corrected chi connectivity index (χ3v) is 3.76. The molecule has 1 N–H and O–H groups in total. The number of rotatable bonds is 4. The minimum atomic E-state index is -0.963. The number of ether oxygens (including phenoxy) is 1. The van der Waals surface area contributed by atoms with E-state index in [1.807, 2.05) is 12.1 Å². The Labute approximate surface area is 130 Å². The highest BCUT2D eigenvalue weighted by atomic mass is 79.9. The van der Waals surface area contributed by atoms with Crippen LogP contribution in [0.2, 0.25) is 5.02 Å². The molecule has 0 fully saturated rings. The van der Waals surface area contributed by atoms with Crippen molar-refractivity contribution in [1.29, 1.82) is 0 Å². The Hall–Kier alpha value is -1.52. The second-order valence-corrected chi connectivity index (χ2v) is 5.58. The number of aromatic carboxylic acids is 1. The van der Waals surface area contributed by atoms with Crippen molar-refractivity contribution in [2.75, 3.05) is 0 Å². The summed E-state index contributed by atoms with van der Waals surface area (Å²) < 4.78 is 6.57. The molecule has 2 aromatic rings. The van der Waals surface area contributed by atoms with Crippen molar-refractivity contribution < 1.29 is 14.6 Å². The molecule has 0 aliphatic heterocycles. The molecule has 0 aliphatic carbocycles. The van der Waals surface area contributed by atoms with E-state index in [1.165, 1.54) is 0 Å². The van der Waals surface area contributed by atoms with E-state index in [4.69, 9.17) is 21.4 Å². The summed E-state index contributed by atoms with van der Waals surface area (Å²) in [6, 6.07) is 10.5.